The van der Waals surface area contributed by atoms with Gasteiger partial charge in [-0.3, -0.25) is 9.36 Å². The molecule has 1 N–H and O–H groups in total. The number of hydrogen-bond acceptors (Lipinski definition) is 3. The summed E-state index contributed by atoms with van der Waals surface area (Å²) in [7, 11) is 0. The maximum absolute atomic E-state index is 11.3. The minimum Gasteiger partial charge on any atom is -0.480 e. The Balaban J connectivity index is 3.29. The zero-order chi connectivity index (χ0) is 10.2. The summed E-state index contributed by atoms with van der Waals surface area (Å²) in [5, 5.41) is 8.74. The lowest BCUT2D eigenvalue weighted by molar-refractivity contribution is -0.140. The van der Waals surface area contributed by atoms with Crippen LogP contribution in [-0.2, 0) is 4.79 Å². The highest BCUT2D eigenvalue weighted by Gasteiger charge is 2.18. The normalized spacial score (nSPS) is 12.8. The van der Waals surface area contributed by atoms with Crippen LogP contribution in [0.15, 0.2) is 4.79 Å². The van der Waals surface area contributed by atoms with Gasteiger partial charge in [-0.05, 0) is 20.8 Å². The Hall–Kier alpha value is -1.10. The van der Waals surface area contributed by atoms with Crippen molar-refractivity contribution in [3.05, 3.63) is 20.2 Å². The van der Waals surface area contributed by atoms with Gasteiger partial charge in [0.2, 0.25) is 0 Å². The molecule has 0 bridgehead atoms. The standard InChI is InChI=1S/C8H11NO3S/c1-4-6(3)13-8(12)9(4)5(2)7(10)11/h5H,1-3H3,(H,10,11). The van der Waals surface area contributed by atoms with Crippen molar-refractivity contribution in [3.8, 4) is 0 Å². The van der Waals surface area contributed by atoms with Gasteiger partial charge in [-0.25, -0.2) is 4.79 Å². The van der Waals surface area contributed by atoms with Crippen molar-refractivity contribution in [2.75, 3.05) is 0 Å². The lowest BCUT2D eigenvalue weighted by Gasteiger charge is -2.08. The first-order valence-electron chi connectivity index (χ1n) is 3.86. The van der Waals surface area contributed by atoms with Gasteiger partial charge in [0.1, 0.15) is 6.04 Å². The maximum atomic E-state index is 11.3. The third-order valence-electron chi connectivity index (χ3n) is 2.05. The fraction of sp³-hybridized carbons (Fsp3) is 0.500. The minimum atomic E-state index is -0.983. The molecule has 72 valence electrons. The third-order valence-corrected chi connectivity index (χ3v) is 3.03. The number of aryl methyl sites for hydroxylation is 1. The lowest BCUT2D eigenvalue weighted by atomic mass is 10.3. The molecule has 1 aromatic rings. The predicted molar refractivity (Wildman–Crippen MR) is 50.4 cm³/mol. The number of hydrogen-bond donors (Lipinski definition) is 1. The van der Waals surface area contributed by atoms with Gasteiger partial charge in [0.15, 0.2) is 0 Å². The summed E-state index contributed by atoms with van der Waals surface area (Å²) in [5.74, 6) is -0.983. The van der Waals surface area contributed by atoms with Gasteiger partial charge in [-0.1, -0.05) is 11.3 Å². The molecule has 13 heavy (non-hydrogen) atoms. The average molecular weight is 201 g/mol. The van der Waals surface area contributed by atoms with Crippen LogP contribution in [-0.4, -0.2) is 15.6 Å². The Morgan fingerprint density at radius 2 is 2.08 bits per heavy atom. The van der Waals surface area contributed by atoms with Crippen molar-refractivity contribution in [3.63, 3.8) is 0 Å². The first kappa shape index (κ1) is 9.98. The summed E-state index contributed by atoms with van der Waals surface area (Å²) in [6, 6.07) is -0.780. The molecule has 0 radical (unpaired) electrons. The molecule has 1 aromatic heterocycles. The van der Waals surface area contributed by atoms with Crippen molar-refractivity contribution < 1.29 is 9.90 Å². The smallest absolute Gasteiger partial charge is 0.326 e. The van der Waals surface area contributed by atoms with E-state index in [1.165, 1.54) is 11.5 Å². The van der Waals surface area contributed by atoms with Gasteiger partial charge >= 0.3 is 10.8 Å². The van der Waals surface area contributed by atoms with Gasteiger partial charge < -0.3 is 5.11 Å². The number of carbonyl (C=O) groups is 1. The van der Waals surface area contributed by atoms with Crippen LogP contribution in [0.3, 0.4) is 0 Å². The van der Waals surface area contributed by atoms with Crippen molar-refractivity contribution in [1.82, 2.24) is 4.57 Å². The van der Waals surface area contributed by atoms with E-state index < -0.39 is 12.0 Å². The average Bonchev–Trinajstić information content (AvgIpc) is 2.26. The summed E-state index contributed by atoms with van der Waals surface area (Å²) < 4.78 is 1.31. The number of rotatable bonds is 2. The number of carboxylic acids is 1. The highest BCUT2D eigenvalue weighted by Crippen LogP contribution is 2.14. The second-order valence-corrected chi connectivity index (χ2v) is 4.06. The van der Waals surface area contributed by atoms with E-state index in [0.717, 1.165) is 21.9 Å². The van der Waals surface area contributed by atoms with E-state index in [-0.39, 0.29) is 4.87 Å². The second-order valence-electron chi connectivity index (χ2n) is 2.89. The molecule has 0 fully saturated rings. The van der Waals surface area contributed by atoms with E-state index in [4.69, 9.17) is 5.11 Å². The van der Waals surface area contributed by atoms with Crippen LogP contribution in [0.25, 0.3) is 0 Å². The van der Waals surface area contributed by atoms with E-state index in [9.17, 15) is 9.59 Å². The Kier molecular flexibility index (Phi) is 2.56. The predicted octanol–water partition coefficient (Wildman–Crippen LogP) is 1.17. The molecule has 0 aliphatic carbocycles. The van der Waals surface area contributed by atoms with Gasteiger partial charge in [-0.2, -0.15) is 0 Å². The number of carboxylic acid groups (broad SMARTS) is 1. The quantitative estimate of drug-likeness (QED) is 0.781. The molecular formula is C8H11NO3S. The van der Waals surface area contributed by atoms with Crippen LogP contribution in [0, 0.1) is 13.8 Å². The van der Waals surface area contributed by atoms with Crippen LogP contribution >= 0.6 is 11.3 Å². The largest absolute Gasteiger partial charge is 0.480 e. The molecule has 0 aliphatic rings. The maximum Gasteiger partial charge on any atom is 0.326 e. The molecule has 0 spiro atoms. The van der Waals surface area contributed by atoms with E-state index in [0.29, 0.717) is 0 Å². The third kappa shape index (κ3) is 1.65. The Bertz CT molecular complexity index is 391. The van der Waals surface area contributed by atoms with E-state index in [1.807, 2.05) is 6.92 Å². The van der Waals surface area contributed by atoms with Crippen molar-refractivity contribution in [2.45, 2.75) is 26.8 Å². The highest BCUT2D eigenvalue weighted by molar-refractivity contribution is 7.09. The first-order valence-corrected chi connectivity index (χ1v) is 4.68. The molecule has 5 heteroatoms. The van der Waals surface area contributed by atoms with Crippen LogP contribution < -0.4 is 4.87 Å². The molecule has 1 atom stereocenters. The van der Waals surface area contributed by atoms with Gasteiger partial charge in [0.25, 0.3) is 0 Å². The van der Waals surface area contributed by atoms with Crippen LogP contribution in [0.1, 0.15) is 23.5 Å². The summed E-state index contributed by atoms with van der Waals surface area (Å²) in [6.45, 7) is 5.07. The lowest BCUT2D eigenvalue weighted by Crippen LogP contribution is -2.24. The van der Waals surface area contributed by atoms with E-state index >= 15 is 0 Å². The molecule has 0 amide bonds. The van der Waals surface area contributed by atoms with Gasteiger partial charge in [0, 0.05) is 10.6 Å². The number of thiazole rings is 1. The second kappa shape index (κ2) is 3.33. The Morgan fingerprint density at radius 3 is 2.38 bits per heavy atom. The van der Waals surface area contributed by atoms with E-state index in [1.54, 1.807) is 6.92 Å². The summed E-state index contributed by atoms with van der Waals surface area (Å²) >= 11 is 1.09. The molecule has 4 nitrogen and oxygen atoms in total. The van der Waals surface area contributed by atoms with Crippen molar-refractivity contribution in [1.29, 1.82) is 0 Å². The number of nitrogens with zero attached hydrogens (tertiary/aromatic N) is 1. The number of aromatic nitrogens is 1. The summed E-state index contributed by atoms with van der Waals surface area (Å²) in [5.41, 5.74) is 0.741. The summed E-state index contributed by atoms with van der Waals surface area (Å²) in [6.07, 6.45) is 0. The molecular weight excluding hydrogens is 190 g/mol. The molecule has 1 rings (SSSR count). The molecule has 0 saturated heterocycles. The van der Waals surface area contributed by atoms with Crippen LogP contribution in [0.4, 0.5) is 0 Å². The zero-order valence-corrected chi connectivity index (χ0v) is 8.51. The number of aliphatic carboxylic acids is 1. The Labute approximate surface area is 79.4 Å². The Morgan fingerprint density at radius 1 is 1.54 bits per heavy atom. The zero-order valence-electron chi connectivity index (χ0n) is 7.70. The topological polar surface area (TPSA) is 59.3 Å². The fourth-order valence-corrected chi connectivity index (χ4v) is 2.02. The molecule has 0 aromatic carbocycles. The molecule has 1 heterocycles. The highest BCUT2D eigenvalue weighted by atomic mass is 32.1. The van der Waals surface area contributed by atoms with Crippen LogP contribution in [0.2, 0.25) is 0 Å². The van der Waals surface area contributed by atoms with Crippen molar-refractivity contribution >= 4 is 17.3 Å². The van der Waals surface area contributed by atoms with Crippen molar-refractivity contribution in [2.24, 2.45) is 0 Å². The van der Waals surface area contributed by atoms with Crippen LogP contribution in [0.5, 0.6) is 0 Å². The van der Waals surface area contributed by atoms with E-state index in [2.05, 4.69) is 0 Å². The molecule has 0 saturated carbocycles. The monoisotopic (exact) mass is 201 g/mol. The SMILES string of the molecule is Cc1sc(=O)n(C(C)C(=O)O)c1C. The first-order chi connectivity index (χ1) is 5.95. The fourth-order valence-electron chi connectivity index (χ4n) is 1.12. The van der Waals surface area contributed by atoms with Gasteiger partial charge in [0.05, 0.1) is 0 Å². The minimum absolute atomic E-state index is 0.204. The molecule has 0 aliphatic heterocycles. The summed E-state index contributed by atoms with van der Waals surface area (Å²) in [4.78, 5) is 22.7. The molecule has 1 unspecified atom stereocenters. The van der Waals surface area contributed by atoms with Gasteiger partial charge in [-0.15, -0.1) is 0 Å².